The molecule has 0 radical (unpaired) electrons. The van der Waals surface area contributed by atoms with E-state index >= 15 is 0 Å². The van der Waals surface area contributed by atoms with Gasteiger partial charge < -0.3 is 20.4 Å². The van der Waals surface area contributed by atoms with Crippen LogP contribution in [0.4, 0.5) is 4.79 Å². The molecule has 0 atom stereocenters. The van der Waals surface area contributed by atoms with Crippen LogP contribution in [0.25, 0.3) is 0 Å². The number of amides is 2. The molecule has 122 valence electrons. The molecule has 0 aliphatic rings. The van der Waals surface area contributed by atoms with E-state index in [0.717, 1.165) is 17.0 Å². The molecular weight excluding hydrogens is 294 g/mol. The van der Waals surface area contributed by atoms with Crippen LogP contribution in [-0.4, -0.2) is 24.2 Å². The van der Waals surface area contributed by atoms with Gasteiger partial charge in [0.25, 0.3) is 5.56 Å². The maximum atomic E-state index is 11.8. The number of ether oxygens (including phenoxy) is 1. The highest BCUT2D eigenvalue weighted by Gasteiger charge is 2.07. The summed E-state index contributed by atoms with van der Waals surface area (Å²) in [5, 5.41) is 5.36. The van der Waals surface area contributed by atoms with Gasteiger partial charge in [0.05, 0.1) is 13.1 Å². The van der Waals surface area contributed by atoms with Crippen LogP contribution in [0, 0.1) is 13.8 Å². The largest absolute Gasteiger partial charge is 0.492 e. The Balaban J connectivity index is 1.72. The fourth-order valence-electron chi connectivity index (χ4n) is 2.18. The van der Waals surface area contributed by atoms with Crippen molar-refractivity contribution in [3.8, 4) is 5.75 Å². The van der Waals surface area contributed by atoms with Crippen LogP contribution >= 0.6 is 0 Å². The highest BCUT2D eigenvalue weighted by molar-refractivity contribution is 5.73. The van der Waals surface area contributed by atoms with Gasteiger partial charge in [-0.1, -0.05) is 18.2 Å². The third-order valence-electron chi connectivity index (χ3n) is 3.32. The molecule has 23 heavy (non-hydrogen) atoms. The number of aromatic amines is 1. The van der Waals surface area contributed by atoms with Gasteiger partial charge >= 0.3 is 6.03 Å². The van der Waals surface area contributed by atoms with Gasteiger partial charge in [-0.15, -0.1) is 0 Å². The van der Waals surface area contributed by atoms with Gasteiger partial charge in [0.1, 0.15) is 12.4 Å². The molecule has 0 fully saturated rings. The Morgan fingerprint density at radius 3 is 2.61 bits per heavy atom. The third-order valence-corrected chi connectivity index (χ3v) is 3.32. The maximum absolute atomic E-state index is 11.8. The molecule has 6 heteroatoms. The lowest BCUT2D eigenvalue weighted by Crippen LogP contribution is -2.38. The molecule has 0 spiro atoms. The Labute approximate surface area is 134 Å². The molecule has 3 N–H and O–H groups in total. The van der Waals surface area contributed by atoms with Crippen molar-refractivity contribution in [2.24, 2.45) is 0 Å². The van der Waals surface area contributed by atoms with E-state index in [2.05, 4.69) is 15.6 Å². The standard InChI is InChI=1S/C17H21N3O3/c1-12-10-13(2)20-16(21)15(12)11-19-17(22)18-8-9-23-14-6-4-3-5-7-14/h3-7,10H,8-9,11H2,1-2H3,(H,20,21)(H2,18,19,22). The Morgan fingerprint density at radius 1 is 1.17 bits per heavy atom. The van der Waals surface area contributed by atoms with E-state index in [1.54, 1.807) is 0 Å². The van der Waals surface area contributed by atoms with E-state index in [4.69, 9.17) is 4.74 Å². The summed E-state index contributed by atoms with van der Waals surface area (Å²) in [4.78, 5) is 26.3. The van der Waals surface area contributed by atoms with E-state index in [0.29, 0.717) is 18.7 Å². The second kappa shape index (κ2) is 8.03. The molecule has 2 rings (SSSR count). The molecule has 0 aliphatic carbocycles. The SMILES string of the molecule is Cc1cc(C)c(CNC(=O)NCCOc2ccccc2)c(=O)[nH]1. The molecule has 2 amide bonds. The molecule has 1 aromatic carbocycles. The van der Waals surface area contributed by atoms with Crippen molar-refractivity contribution in [3.63, 3.8) is 0 Å². The molecule has 0 aliphatic heterocycles. The number of H-pyrrole nitrogens is 1. The van der Waals surface area contributed by atoms with Crippen LogP contribution in [-0.2, 0) is 6.54 Å². The monoisotopic (exact) mass is 315 g/mol. The number of urea groups is 1. The number of hydrogen-bond acceptors (Lipinski definition) is 3. The van der Waals surface area contributed by atoms with Crippen molar-refractivity contribution in [1.82, 2.24) is 15.6 Å². The first kappa shape index (κ1) is 16.6. The van der Waals surface area contributed by atoms with Gasteiger partial charge in [0, 0.05) is 11.3 Å². The van der Waals surface area contributed by atoms with E-state index in [9.17, 15) is 9.59 Å². The number of rotatable bonds is 6. The number of para-hydroxylation sites is 1. The predicted octanol–water partition coefficient (Wildman–Crippen LogP) is 1.87. The van der Waals surface area contributed by atoms with Crippen molar-refractivity contribution < 1.29 is 9.53 Å². The first-order valence-corrected chi connectivity index (χ1v) is 7.45. The summed E-state index contributed by atoms with van der Waals surface area (Å²) in [6.45, 7) is 4.62. The Bertz CT molecular complexity index is 711. The number of carbonyl (C=O) groups excluding carboxylic acids is 1. The van der Waals surface area contributed by atoms with Gasteiger partial charge in [-0.2, -0.15) is 0 Å². The molecular formula is C17H21N3O3. The number of pyridine rings is 1. The summed E-state index contributed by atoms with van der Waals surface area (Å²) >= 11 is 0. The summed E-state index contributed by atoms with van der Waals surface area (Å²) in [6, 6.07) is 10.9. The van der Waals surface area contributed by atoms with Gasteiger partial charge in [-0.25, -0.2) is 4.79 Å². The molecule has 6 nitrogen and oxygen atoms in total. The summed E-state index contributed by atoms with van der Waals surface area (Å²) in [7, 11) is 0. The fourth-order valence-corrected chi connectivity index (χ4v) is 2.18. The van der Waals surface area contributed by atoms with Gasteiger partial charge in [0.2, 0.25) is 0 Å². The average molecular weight is 315 g/mol. The van der Waals surface area contributed by atoms with Crippen molar-refractivity contribution in [2.75, 3.05) is 13.2 Å². The Kier molecular flexibility index (Phi) is 5.80. The fraction of sp³-hybridized carbons (Fsp3) is 0.294. The molecule has 0 saturated carbocycles. The summed E-state index contributed by atoms with van der Waals surface area (Å²) in [5.41, 5.74) is 2.05. The second-order valence-electron chi connectivity index (χ2n) is 5.21. The molecule has 0 unspecified atom stereocenters. The van der Waals surface area contributed by atoms with Crippen LogP contribution in [0.15, 0.2) is 41.2 Å². The molecule has 1 heterocycles. The minimum Gasteiger partial charge on any atom is -0.492 e. The maximum Gasteiger partial charge on any atom is 0.315 e. The summed E-state index contributed by atoms with van der Waals surface area (Å²) in [6.07, 6.45) is 0. The van der Waals surface area contributed by atoms with Crippen LogP contribution in [0.2, 0.25) is 0 Å². The van der Waals surface area contributed by atoms with Gasteiger partial charge in [-0.3, -0.25) is 4.79 Å². The zero-order valence-electron chi connectivity index (χ0n) is 13.3. The highest BCUT2D eigenvalue weighted by atomic mass is 16.5. The van der Waals surface area contributed by atoms with E-state index in [-0.39, 0.29) is 18.1 Å². The quantitative estimate of drug-likeness (QED) is 0.712. The number of aryl methyl sites for hydroxylation is 2. The van der Waals surface area contributed by atoms with E-state index in [1.807, 2.05) is 50.2 Å². The van der Waals surface area contributed by atoms with Crippen LogP contribution in [0.5, 0.6) is 5.75 Å². The van der Waals surface area contributed by atoms with Crippen molar-refractivity contribution in [2.45, 2.75) is 20.4 Å². The Morgan fingerprint density at radius 2 is 1.91 bits per heavy atom. The lowest BCUT2D eigenvalue weighted by atomic mass is 10.1. The highest BCUT2D eigenvalue weighted by Crippen LogP contribution is 2.07. The molecule has 2 aromatic rings. The normalized spacial score (nSPS) is 10.2. The van der Waals surface area contributed by atoms with Gasteiger partial charge in [-0.05, 0) is 37.6 Å². The molecule has 1 aromatic heterocycles. The lowest BCUT2D eigenvalue weighted by molar-refractivity contribution is 0.236. The zero-order chi connectivity index (χ0) is 16.7. The number of hydrogen-bond donors (Lipinski definition) is 3. The van der Waals surface area contributed by atoms with E-state index in [1.165, 1.54) is 0 Å². The van der Waals surface area contributed by atoms with Crippen molar-refractivity contribution >= 4 is 6.03 Å². The number of benzene rings is 1. The van der Waals surface area contributed by atoms with Crippen molar-refractivity contribution in [3.05, 3.63) is 63.6 Å². The number of aromatic nitrogens is 1. The lowest BCUT2D eigenvalue weighted by Gasteiger charge is -2.10. The molecule has 0 bridgehead atoms. The van der Waals surface area contributed by atoms with Crippen LogP contribution in [0.1, 0.15) is 16.8 Å². The van der Waals surface area contributed by atoms with Crippen LogP contribution < -0.4 is 20.9 Å². The summed E-state index contributed by atoms with van der Waals surface area (Å²) < 4.78 is 5.47. The molecule has 0 saturated heterocycles. The smallest absolute Gasteiger partial charge is 0.315 e. The first-order chi connectivity index (χ1) is 11.1. The average Bonchev–Trinajstić information content (AvgIpc) is 2.51. The third kappa shape index (κ3) is 5.18. The predicted molar refractivity (Wildman–Crippen MR) is 88.7 cm³/mol. The number of nitrogens with one attached hydrogen (secondary N) is 3. The van der Waals surface area contributed by atoms with Crippen molar-refractivity contribution in [1.29, 1.82) is 0 Å². The minimum absolute atomic E-state index is 0.171. The number of carbonyl (C=O) groups is 1. The minimum atomic E-state index is -0.332. The topological polar surface area (TPSA) is 83.2 Å². The van der Waals surface area contributed by atoms with Gasteiger partial charge in [0.15, 0.2) is 0 Å². The van der Waals surface area contributed by atoms with Crippen LogP contribution in [0.3, 0.4) is 0 Å². The zero-order valence-corrected chi connectivity index (χ0v) is 13.3. The summed E-state index contributed by atoms with van der Waals surface area (Å²) in [5.74, 6) is 0.761. The Hall–Kier alpha value is -2.76. The second-order valence-corrected chi connectivity index (χ2v) is 5.21. The first-order valence-electron chi connectivity index (χ1n) is 7.45. The van der Waals surface area contributed by atoms with E-state index < -0.39 is 0 Å².